The molecule has 2 aliphatic heterocycles. The van der Waals surface area contributed by atoms with Gasteiger partial charge in [0.2, 0.25) is 11.8 Å². The summed E-state index contributed by atoms with van der Waals surface area (Å²) in [6.07, 6.45) is 5.17. The van der Waals surface area contributed by atoms with Crippen molar-refractivity contribution in [2.45, 2.75) is 56.4 Å². The molecule has 0 radical (unpaired) electrons. The van der Waals surface area contributed by atoms with Gasteiger partial charge >= 0.3 is 0 Å². The van der Waals surface area contributed by atoms with Crippen LogP contribution in [0.2, 0.25) is 0 Å². The third kappa shape index (κ3) is 4.78. The zero-order valence-corrected chi connectivity index (χ0v) is 15.9. The predicted molar refractivity (Wildman–Crippen MR) is 102 cm³/mol. The van der Waals surface area contributed by atoms with Gasteiger partial charge in [0.05, 0.1) is 6.42 Å². The van der Waals surface area contributed by atoms with Gasteiger partial charge in [0.25, 0.3) is 0 Å². The van der Waals surface area contributed by atoms with E-state index in [0.717, 1.165) is 56.6 Å². The molecule has 4 nitrogen and oxygen atoms in total. The highest BCUT2D eigenvalue weighted by atomic mass is 32.2. The van der Waals surface area contributed by atoms with Crippen LogP contribution in [-0.2, 0) is 16.0 Å². The zero-order chi connectivity index (χ0) is 17.6. The first-order valence-corrected chi connectivity index (χ1v) is 10.4. The molecule has 2 aliphatic rings. The fourth-order valence-corrected chi connectivity index (χ4v) is 4.46. The lowest BCUT2D eigenvalue weighted by Crippen LogP contribution is -2.50. The fraction of sp³-hybridized carbons (Fsp3) is 0.600. The molecular formula is C20H28N2O2S. The van der Waals surface area contributed by atoms with Gasteiger partial charge in [0, 0.05) is 37.0 Å². The number of benzene rings is 1. The van der Waals surface area contributed by atoms with Crippen LogP contribution in [0.4, 0.5) is 0 Å². The van der Waals surface area contributed by atoms with Crippen LogP contribution in [-0.4, -0.2) is 53.0 Å². The van der Waals surface area contributed by atoms with Crippen molar-refractivity contribution in [1.82, 2.24) is 9.80 Å². The first-order valence-electron chi connectivity index (χ1n) is 9.46. The normalized spacial score (nSPS) is 19.3. The first kappa shape index (κ1) is 18.3. The number of carbonyl (C=O) groups excluding carboxylic acids is 2. The lowest BCUT2D eigenvalue weighted by molar-refractivity contribution is -0.138. The molecule has 0 spiro atoms. The summed E-state index contributed by atoms with van der Waals surface area (Å²) < 4.78 is 0. The number of thioether (sulfide) groups is 1. The van der Waals surface area contributed by atoms with Crippen LogP contribution < -0.4 is 0 Å². The van der Waals surface area contributed by atoms with Gasteiger partial charge in [-0.3, -0.25) is 9.59 Å². The highest BCUT2D eigenvalue weighted by Crippen LogP contribution is 2.23. The van der Waals surface area contributed by atoms with Crippen molar-refractivity contribution in [3.63, 3.8) is 0 Å². The topological polar surface area (TPSA) is 40.6 Å². The van der Waals surface area contributed by atoms with E-state index in [2.05, 4.69) is 36.1 Å². The van der Waals surface area contributed by atoms with Crippen LogP contribution in [0.25, 0.3) is 0 Å². The summed E-state index contributed by atoms with van der Waals surface area (Å²) in [5.41, 5.74) is 1.08. The van der Waals surface area contributed by atoms with E-state index in [-0.39, 0.29) is 5.91 Å². The number of likely N-dealkylation sites (tertiary alicyclic amines) is 2. The van der Waals surface area contributed by atoms with E-state index in [9.17, 15) is 9.59 Å². The Morgan fingerprint density at radius 3 is 2.48 bits per heavy atom. The van der Waals surface area contributed by atoms with Crippen molar-refractivity contribution in [2.75, 3.05) is 25.4 Å². The minimum atomic E-state index is 0.208. The first-order chi connectivity index (χ1) is 12.2. The van der Waals surface area contributed by atoms with Gasteiger partial charge in [-0.2, -0.15) is 0 Å². The molecule has 1 aromatic rings. The molecule has 0 aromatic heterocycles. The lowest BCUT2D eigenvalue weighted by Gasteiger charge is -2.40. The fourth-order valence-electron chi connectivity index (χ4n) is 3.80. The van der Waals surface area contributed by atoms with Crippen LogP contribution in [0.5, 0.6) is 0 Å². The molecule has 2 fully saturated rings. The van der Waals surface area contributed by atoms with Gasteiger partial charge in [-0.05, 0) is 49.1 Å². The number of rotatable bonds is 5. The van der Waals surface area contributed by atoms with Gasteiger partial charge in [0.15, 0.2) is 0 Å². The summed E-state index contributed by atoms with van der Waals surface area (Å²) in [6.45, 7) is 4.59. The minimum Gasteiger partial charge on any atom is -0.342 e. The molecule has 0 bridgehead atoms. The average Bonchev–Trinajstić information content (AvgIpc) is 2.64. The Morgan fingerprint density at radius 1 is 1.12 bits per heavy atom. The number of nitrogens with zero attached hydrogens (tertiary/aromatic N) is 2. The maximum Gasteiger partial charge on any atom is 0.226 e. The molecule has 0 unspecified atom stereocenters. The Hall–Kier alpha value is -1.49. The van der Waals surface area contributed by atoms with Gasteiger partial charge in [-0.15, -0.1) is 11.8 Å². The largest absolute Gasteiger partial charge is 0.342 e. The highest BCUT2D eigenvalue weighted by molar-refractivity contribution is 7.99. The van der Waals surface area contributed by atoms with Gasteiger partial charge in [-0.25, -0.2) is 0 Å². The summed E-state index contributed by atoms with van der Waals surface area (Å²) in [5.74, 6) is 1.58. The Morgan fingerprint density at radius 2 is 1.84 bits per heavy atom. The second kappa shape index (κ2) is 8.75. The molecule has 2 amide bonds. The molecule has 136 valence electrons. The molecule has 3 rings (SSSR count). The molecule has 0 saturated carbocycles. The SMILES string of the molecule is CCSc1ccc(CC(=O)N2CCC(N3CCCCC3=O)CC2)cc1. The van der Waals surface area contributed by atoms with E-state index in [1.807, 2.05) is 16.7 Å². The van der Waals surface area contributed by atoms with Crippen LogP contribution >= 0.6 is 11.8 Å². The maximum atomic E-state index is 12.6. The molecule has 0 aliphatic carbocycles. The number of piperidine rings is 2. The molecule has 2 heterocycles. The molecule has 5 heteroatoms. The Kier molecular flexibility index (Phi) is 6.40. The Bertz CT molecular complexity index is 594. The van der Waals surface area contributed by atoms with Crippen molar-refractivity contribution >= 4 is 23.6 Å². The van der Waals surface area contributed by atoms with E-state index in [1.54, 1.807) is 0 Å². The third-order valence-electron chi connectivity index (χ3n) is 5.21. The second-order valence-electron chi connectivity index (χ2n) is 6.91. The van der Waals surface area contributed by atoms with E-state index < -0.39 is 0 Å². The smallest absolute Gasteiger partial charge is 0.226 e. The number of amides is 2. The number of carbonyl (C=O) groups is 2. The van der Waals surface area contributed by atoms with Crippen molar-refractivity contribution in [1.29, 1.82) is 0 Å². The van der Waals surface area contributed by atoms with E-state index in [4.69, 9.17) is 0 Å². The monoisotopic (exact) mass is 360 g/mol. The van der Waals surface area contributed by atoms with Gasteiger partial charge < -0.3 is 9.80 Å². The van der Waals surface area contributed by atoms with Crippen molar-refractivity contribution < 1.29 is 9.59 Å². The molecule has 0 N–H and O–H groups in total. The highest BCUT2D eigenvalue weighted by Gasteiger charge is 2.30. The van der Waals surface area contributed by atoms with Gasteiger partial charge in [-0.1, -0.05) is 19.1 Å². The molecule has 25 heavy (non-hydrogen) atoms. The molecular weight excluding hydrogens is 332 g/mol. The quantitative estimate of drug-likeness (QED) is 0.756. The summed E-state index contributed by atoms with van der Waals surface area (Å²) >= 11 is 1.82. The average molecular weight is 361 g/mol. The van der Waals surface area contributed by atoms with Gasteiger partial charge in [0.1, 0.15) is 0 Å². The van der Waals surface area contributed by atoms with Crippen molar-refractivity contribution in [3.8, 4) is 0 Å². The Balaban J connectivity index is 1.48. The van der Waals surface area contributed by atoms with Crippen LogP contribution in [0, 0.1) is 0 Å². The van der Waals surface area contributed by atoms with Crippen molar-refractivity contribution in [2.24, 2.45) is 0 Å². The van der Waals surface area contributed by atoms with Crippen LogP contribution in [0.1, 0.15) is 44.6 Å². The Labute approximate surface area is 154 Å². The standard InChI is InChI=1S/C20H28N2O2S/c1-2-25-18-8-6-16(7-9-18)15-20(24)21-13-10-17(11-14-21)22-12-4-3-5-19(22)23/h6-9,17H,2-5,10-15H2,1H3. The summed E-state index contributed by atoms with van der Waals surface area (Å²) in [7, 11) is 0. The summed E-state index contributed by atoms with van der Waals surface area (Å²) in [4.78, 5) is 29.9. The number of hydrogen-bond donors (Lipinski definition) is 0. The third-order valence-corrected chi connectivity index (χ3v) is 6.10. The molecule has 1 aromatic carbocycles. The zero-order valence-electron chi connectivity index (χ0n) is 15.1. The minimum absolute atomic E-state index is 0.208. The van der Waals surface area contributed by atoms with E-state index in [0.29, 0.717) is 24.8 Å². The molecule has 2 saturated heterocycles. The van der Waals surface area contributed by atoms with E-state index >= 15 is 0 Å². The maximum absolute atomic E-state index is 12.6. The molecule has 0 atom stereocenters. The van der Waals surface area contributed by atoms with Crippen molar-refractivity contribution in [3.05, 3.63) is 29.8 Å². The summed E-state index contributed by atoms with van der Waals surface area (Å²) in [6, 6.07) is 8.67. The lowest BCUT2D eigenvalue weighted by atomic mass is 9.99. The summed E-state index contributed by atoms with van der Waals surface area (Å²) in [5, 5.41) is 0. The predicted octanol–water partition coefficient (Wildman–Crippen LogP) is 3.34. The van der Waals surface area contributed by atoms with E-state index in [1.165, 1.54) is 4.90 Å². The van der Waals surface area contributed by atoms with Crippen LogP contribution in [0.15, 0.2) is 29.2 Å². The number of hydrogen-bond acceptors (Lipinski definition) is 3. The second-order valence-corrected chi connectivity index (χ2v) is 8.25. The van der Waals surface area contributed by atoms with Crippen LogP contribution in [0.3, 0.4) is 0 Å².